The number of hydrogen-bond donors (Lipinski definition) is 1. The number of carbonyl (C=O) groups excluding carboxylic acids is 2. The summed E-state index contributed by atoms with van der Waals surface area (Å²) in [5.41, 5.74) is 1.11. The normalized spacial score (nSPS) is 12.7. The van der Waals surface area contributed by atoms with Crippen LogP contribution in [0.2, 0.25) is 5.02 Å². The fraction of sp³-hybridized carbons (Fsp3) is 0.417. The zero-order chi connectivity index (χ0) is 21.9. The molecular formula is C24H31ClN2O3. The second-order valence-corrected chi connectivity index (χ2v) is 7.69. The van der Waals surface area contributed by atoms with Crippen LogP contribution in [-0.4, -0.2) is 41.9 Å². The third kappa shape index (κ3) is 7.06. The van der Waals surface area contributed by atoms with Gasteiger partial charge < -0.3 is 15.0 Å². The van der Waals surface area contributed by atoms with Crippen LogP contribution in [0.1, 0.15) is 39.2 Å². The highest BCUT2D eigenvalue weighted by Gasteiger charge is 2.29. The number of para-hydroxylation sites is 1. The quantitative estimate of drug-likeness (QED) is 0.571. The molecular weight excluding hydrogens is 400 g/mol. The molecule has 2 rings (SSSR count). The van der Waals surface area contributed by atoms with Gasteiger partial charge in [0.25, 0.3) is 5.91 Å². The maximum atomic E-state index is 13.1. The number of amides is 2. The molecule has 0 fully saturated rings. The van der Waals surface area contributed by atoms with Crippen LogP contribution < -0.4 is 10.1 Å². The van der Waals surface area contributed by atoms with Gasteiger partial charge in [-0.1, -0.05) is 67.9 Å². The Balaban J connectivity index is 2.14. The summed E-state index contributed by atoms with van der Waals surface area (Å²) < 4.78 is 5.65. The molecule has 5 nitrogen and oxygen atoms in total. The maximum Gasteiger partial charge on any atom is 0.261 e. The fourth-order valence-electron chi connectivity index (χ4n) is 3.12. The molecule has 0 unspecified atom stereocenters. The first-order valence-corrected chi connectivity index (χ1v) is 10.8. The lowest BCUT2D eigenvalue weighted by Crippen LogP contribution is -2.52. The Bertz CT molecular complexity index is 813. The van der Waals surface area contributed by atoms with Crippen molar-refractivity contribution in [1.29, 1.82) is 0 Å². The van der Waals surface area contributed by atoms with Gasteiger partial charge in [0, 0.05) is 12.6 Å². The van der Waals surface area contributed by atoms with E-state index in [2.05, 4.69) is 5.32 Å². The van der Waals surface area contributed by atoms with E-state index in [0.29, 0.717) is 30.2 Å². The van der Waals surface area contributed by atoms with E-state index in [1.165, 1.54) is 0 Å². The van der Waals surface area contributed by atoms with Gasteiger partial charge in [-0.15, -0.1) is 0 Å². The Hall–Kier alpha value is -2.53. The topological polar surface area (TPSA) is 58.6 Å². The van der Waals surface area contributed by atoms with Gasteiger partial charge >= 0.3 is 0 Å². The van der Waals surface area contributed by atoms with Crippen LogP contribution in [0.3, 0.4) is 0 Å². The highest BCUT2D eigenvalue weighted by atomic mass is 35.5. The van der Waals surface area contributed by atoms with E-state index in [1.807, 2.05) is 51.1 Å². The minimum Gasteiger partial charge on any atom is -0.482 e. The van der Waals surface area contributed by atoms with Crippen LogP contribution in [0.25, 0.3) is 0 Å². The van der Waals surface area contributed by atoms with Crippen molar-refractivity contribution in [3.05, 3.63) is 65.2 Å². The zero-order valence-electron chi connectivity index (χ0n) is 17.9. The molecule has 6 heteroatoms. The minimum absolute atomic E-state index is 0.0528. The number of nitrogens with one attached hydrogen (secondary N) is 1. The van der Waals surface area contributed by atoms with E-state index in [1.54, 1.807) is 29.2 Å². The van der Waals surface area contributed by atoms with Crippen molar-refractivity contribution in [3.8, 4) is 5.75 Å². The molecule has 30 heavy (non-hydrogen) atoms. The zero-order valence-corrected chi connectivity index (χ0v) is 18.7. The molecule has 2 aromatic carbocycles. The molecule has 2 atom stereocenters. The summed E-state index contributed by atoms with van der Waals surface area (Å²) in [6.45, 7) is 6.15. The number of ether oxygens (including phenoxy) is 1. The summed E-state index contributed by atoms with van der Waals surface area (Å²) >= 11 is 6.13. The van der Waals surface area contributed by atoms with Gasteiger partial charge in [-0.3, -0.25) is 9.59 Å². The van der Waals surface area contributed by atoms with Crippen LogP contribution in [0, 0.1) is 0 Å². The summed E-state index contributed by atoms with van der Waals surface area (Å²) in [5, 5.41) is 3.45. The fourth-order valence-corrected chi connectivity index (χ4v) is 3.31. The highest BCUT2D eigenvalue weighted by molar-refractivity contribution is 6.32. The van der Waals surface area contributed by atoms with Crippen LogP contribution in [-0.2, 0) is 16.0 Å². The molecule has 0 spiro atoms. The molecule has 1 N–H and O–H groups in total. The first-order chi connectivity index (χ1) is 14.5. The molecule has 2 amide bonds. The van der Waals surface area contributed by atoms with E-state index >= 15 is 0 Å². The van der Waals surface area contributed by atoms with Gasteiger partial charge in [-0.05, 0) is 43.9 Å². The van der Waals surface area contributed by atoms with Gasteiger partial charge in [0.15, 0.2) is 6.61 Å². The maximum absolute atomic E-state index is 13.1. The minimum atomic E-state index is -0.551. The van der Waals surface area contributed by atoms with Crippen molar-refractivity contribution in [2.75, 3.05) is 13.2 Å². The molecule has 0 aliphatic heterocycles. The molecule has 162 valence electrons. The molecule has 2 aromatic rings. The first-order valence-electron chi connectivity index (χ1n) is 10.5. The lowest BCUT2D eigenvalue weighted by molar-refractivity contribution is -0.142. The van der Waals surface area contributed by atoms with Gasteiger partial charge in [0.1, 0.15) is 11.8 Å². The van der Waals surface area contributed by atoms with Crippen molar-refractivity contribution in [1.82, 2.24) is 10.2 Å². The summed E-state index contributed by atoms with van der Waals surface area (Å²) in [6, 6.07) is 16.5. The van der Waals surface area contributed by atoms with Gasteiger partial charge in [-0.2, -0.15) is 0 Å². The molecule has 0 radical (unpaired) electrons. The smallest absolute Gasteiger partial charge is 0.261 e. The Labute approximate surface area is 184 Å². The van der Waals surface area contributed by atoms with E-state index in [4.69, 9.17) is 16.3 Å². The summed E-state index contributed by atoms with van der Waals surface area (Å²) in [6.07, 6.45) is 2.01. The third-order valence-electron chi connectivity index (χ3n) is 5.06. The second-order valence-electron chi connectivity index (χ2n) is 7.28. The summed E-state index contributed by atoms with van der Waals surface area (Å²) in [4.78, 5) is 27.6. The van der Waals surface area contributed by atoms with Crippen LogP contribution in [0.15, 0.2) is 54.6 Å². The van der Waals surface area contributed by atoms with E-state index in [0.717, 1.165) is 12.0 Å². The molecule has 0 heterocycles. The van der Waals surface area contributed by atoms with Crippen molar-refractivity contribution in [2.24, 2.45) is 0 Å². The lowest BCUT2D eigenvalue weighted by Gasteiger charge is -2.31. The molecule has 0 bridgehead atoms. The van der Waals surface area contributed by atoms with Crippen molar-refractivity contribution < 1.29 is 14.3 Å². The van der Waals surface area contributed by atoms with Gasteiger partial charge in [-0.25, -0.2) is 0 Å². The average molecular weight is 431 g/mol. The second kappa shape index (κ2) is 12.2. The van der Waals surface area contributed by atoms with E-state index in [-0.39, 0.29) is 24.5 Å². The Morgan fingerprint density at radius 3 is 2.33 bits per heavy atom. The predicted octanol–water partition coefficient (Wildman–Crippen LogP) is 4.48. The largest absolute Gasteiger partial charge is 0.482 e. The Morgan fingerprint density at radius 1 is 1.03 bits per heavy atom. The van der Waals surface area contributed by atoms with Crippen LogP contribution >= 0.6 is 11.6 Å². The summed E-state index contributed by atoms with van der Waals surface area (Å²) in [5.74, 6) is 0.0793. The monoisotopic (exact) mass is 430 g/mol. The van der Waals surface area contributed by atoms with Crippen LogP contribution in [0.5, 0.6) is 5.75 Å². The van der Waals surface area contributed by atoms with Gasteiger partial charge in [0.2, 0.25) is 5.91 Å². The van der Waals surface area contributed by atoms with Crippen molar-refractivity contribution in [2.45, 2.75) is 52.1 Å². The predicted molar refractivity (Wildman–Crippen MR) is 121 cm³/mol. The number of rotatable bonds is 11. The number of benzene rings is 2. The molecule has 0 saturated carbocycles. The number of halogens is 1. The van der Waals surface area contributed by atoms with Crippen LogP contribution in [0.4, 0.5) is 0 Å². The standard InChI is InChI=1S/C24H31ClN2O3/c1-4-18(3)26-24(29)21(5-2)27(16-15-19-11-7-6-8-12-19)23(28)17-30-22-14-10-9-13-20(22)25/h6-14,18,21H,4-5,15-17H2,1-3H3,(H,26,29)/t18-,21+/m1/s1. The van der Waals surface area contributed by atoms with Gasteiger partial charge in [0.05, 0.1) is 5.02 Å². The lowest BCUT2D eigenvalue weighted by atomic mass is 10.1. The third-order valence-corrected chi connectivity index (χ3v) is 5.37. The van der Waals surface area contributed by atoms with E-state index in [9.17, 15) is 9.59 Å². The number of hydrogen-bond acceptors (Lipinski definition) is 3. The molecule has 0 aliphatic carbocycles. The SMILES string of the molecule is CC[C@@H](C)NC(=O)[C@H](CC)N(CCc1ccccc1)C(=O)COc1ccccc1Cl. The average Bonchev–Trinajstić information content (AvgIpc) is 2.76. The Kier molecular flexibility index (Phi) is 9.68. The summed E-state index contributed by atoms with van der Waals surface area (Å²) in [7, 11) is 0. The van der Waals surface area contributed by atoms with E-state index < -0.39 is 6.04 Å². The Morgan fingerprint density at radius 2 is 1.70 bits per heavy atom. The molecule has 0 saturated heterocycles. The number of carbonyl (C=O) groups is 2. The highest BCUT2D eigenvalue weighted by Crippen LogP contribution is 2.23. The molecule has 0 aromatic heterocycles. The molecule has 0 aliphatic rings. The van der Waals surface area contributed by atoms with Crippen molar-refractivity contribution >= 4 is 23.4 Å². The van der Waals surface area contributed by atoms with Crippen molar-refractivity contribution in [3.63, 3.8) is 0 Å². The number of nitrogens with zero attached hydrogens (tertiary/aromatic N) is 1. The first kappa shape index (κ1) is 23.7.